The Kier molecular flexibility index (Phi) is 5.80. The molecule has 0 bridgehead atoms. The second kappa shape index (κ2) is 7.16. The Morgan fingerprint density at radius 1 is 1.45 bits per heavy atom. The van der Waals surface area contributed by atoms with Crippen LogP contribution in [-0.2, 0) is 19.2 Å². The van der Waals surface area contributed by atoms with E-state index < -0.39 is 29.4 Å². The Bertz CT molecular complexity index is 578. The first-order valence-electron chi connectivity index (χ1n) is 6.43. The molecule has 0 spiro atoms. The second-order valence-corrected chi connectivity index (χ2v) is 6.02. The fraction of sp³-hybridized carbons (Fsp3) is 0.583. The molecule has 1 unspecified atom stereocenters. The highest BCUT2D eigenvalue weighted by atomic mass is 32.1. The first kappa shape index (κ1) is 17.8. The van der Waals surface area contributed by atoms with Crippen molar-refractivity contribution in [2.75, 3.05) is 5.73 Å². The van der Waals surface area contributed by atoms with Gasteiger partial charge in [0.05, 0.1) is 0 Å². The molecule has 22 heavy (non-hydrogen) atoms. The molecule has 0 fully saturated rings. The van der Waals surface area contributed by atoms with Crippen molar-refractivity contribution in [2.45, 2.75) is 45.8 Å². The summed E-state index contributed by atoms with van der Waals surface area (Å²) in [5, 5.41) is 12.7. The lowest BCUT2D eigenvalue weighted by molar-refractivity contribution is -0.169. The molecule has 1 heterocycles. The summed E-state index contributed by atoms with van der Waals surface area (Å²) in [5.74, 6) is -2.19. The third-order valence-electron chi connectivity index (χ3n) is 2.17. The number of aliphatic carboxylic acids is 1. The van der Waals surface area contributed by atoms with Crippen molar-refractivity contribution in [1.82, 2.24) is 9.36 Å². The van der Waals surface area contributed by atoms with E-state index in [2.05, 4.69) is 14.5 Å². The van der Waals surface area contributed by atoms with Gasteiger partial charge in [0.15, 0.2) is 5.13 Å². The van der Waals surface area contributed by atoms with E-state index >= 15 is 0 Å². The zero-order valence-corrected chi connectivity index (χ0v) is 13.5. The third-order valence-corrected chi connectivity index (χ3v) is 2.71. The number of nitrogens with zero attached hydrogens (tertiary/aromatic N) is 3. The molecular formula is C12H18N4O5S. The number of oxime groups is 1. The molecule has 9 nitrogen and oxygen atoms in total. The van der Waals surface area contributed by atoms with Crippen molar-refractivity contribution in [3.8, 4) is 0 Å². The first-order valence-corrected chi connectivity index (χ1v) is 7.21. The standard InChI is InChI=1S/C12H18N4O5S/c1-5-6(10(19)20-12(2,3)4)21-15-7(9(17)18)8-14-11(13)22-16-8/h6H,5H2,1-4H3,(H,17,18)(H2,13,14,16). The number of nitrogen functional groups attached to an aromatic ring is 1. The number of carbonyl (C=O) groups is 2. The zero-order chi connectivity index (χ0) is 16.9. The van der Waals surface area contributed by atoms with Gasteiger partial charge in [0.2, 0.25) is 17.6 Å². The maximum absolute atomic E-state index is 11.9. The molecular weight excluding hydrogens is 312 g/mol. The summed E-state index contributed by atoms with van der Waals surface area (Å²) in [6.45, 7) is 6.83. The van der Waals surface area contributed by atoms with Crippen molar-refractivity contribution in [1.29, 1.82) is 0 Å². The van der Waals surface area contributed by atoms with E-state index in [1.54, 1.807) is 27.7 Å². The molecule has 1 rings (SSSR count). The number of aromatic nitrogens is 2. The van der Waals surface area contributed by atoms with Crippen molar-refractivity contribution in [2.24, 2.45) is 5.16 Å². The number of anilines is 1. The van der Waals surface area contributed by atoms with E-state index in [9.17, 15) is 9.59 Å². The summed E-state index contributed by atoms with van der Waals surface area (Å²) >= 11 is 0.830. The van der Waals surface area contributed by atoms with E-state index in [4.69, 9.17) is 20.4 Å². The number of nitrogens with two attached hydrogens (primary N) is 1. The largest absolute Gasteiger partial charge is 0.476 e. The number of rotatable bonds is 6. The Hall–Kier alpha value is -2.23. The molecule has 1 atom stereocenters. The zero-order valence-electron chi connectivity index (χ0n) is 12.7. The molecule has 0 aliphatic rings. The van der Waals surface area contributed by atoms with E-state index in [0.29, 0.717) is 0 Å². The van der Waals surface area contributed by atoms with Gasteiger partial charge in [-0.3, -0.25) is 0 Å². The molecule has 1 aromatic rings. The van der Waals surface area contributed by atoms with Crippen LogP contribution in [0.5, 0.6) is 0 Å². The fourth-order valence-electron chi connectivity index (χ4n) is 1.27. The number of hydrogen-bond donors (Lipinski definition) is 2. The van der Waals surface area contributed by atoms with Crippen molar-refractivity contribution in [3.05, 3.63) is 5.82 Å². The van der Waals surface area contributed by atoms with E-state index in [-0.39, 0.29) is 17.4 Å². The Morgan fingerprint density at radius 2 is 2.09 bits per heavy atom. The van der Waals surface area contributed by atoms with Crippen LogP contribution in [-0.4, -0.2) is 43.8 Å². The SMILES string of the molecule is CCC(ON=C(C(=O)O)c1nsc(N)n1)C(=O)OC(C)(C)C. The van der Waals surface area contributed by atoms with Gasteiger partial charge in [-0.15, -0.1) is 0 Å². The van der Waals surface area contributed by atoms with Crippen molar-refractivity contribution >= 4 is 34.3 Å². The number of carbonyl (C=O) groups excluding carboxylic acids is 1. The van der Waals surface area contributed by atoms with Gasteiger partial charge in [0.25, 0.3) is 0 Å². The molecule has 10 heteroatoms. The lowest BCUT2D eigenvalue weighted by Gasteiger charge is -2.22. The van der Waals surface area contributed by atoms with Gasteiger partial charge in [-0.25, -0.2) is 9.59 Å². The molecule has 0 saturated carbocycles. The average Bonchev–Trinajstić information content (AvgIpc) is 2.78. The monoisotopic (exact) mass is 330 g/mol. The smallest absolute Gasteiger partial charge is 0.362 e. The molecule has 0 amide bonds. The highest BCUT2D eigenvalue weighted by Crippen LogP contribution is 2.13. The van der Waals surface area contributed by atoms with E-state index in [0.717, 1.165) is 11.5 Å². The van der Waals surface area contributed by atoms with Crippen molar-refractivity contribution in [3.63, 3.8) is 0 Å². The number of carboxylic acids is 1. The molecule has 0 saturated heterocycles. The number of carboxylic acid groups (broad SMARTS) is 1. The van der Waals surface area contributed by atoms with E-state index in [1.165, 1.54) is 0 Å². The summed E-state index contributed by atoms with van der Waals surface area (Å²) < 4.78 is 8.91. The molecule has 3 N–H and O–H groups in total. The summed E-state index contributed by atoms with van der Waals surface area (Å²) in [6.07, 6.45) is -0.762. The molecule has 0 aliphatic carbocycles. The minimum Gasteiger partial charge on any atom is -0.476 e. The average molecular weight is 330 g/mol. The topological polar surface area (TPSA) is 137 Å². The van der Waals surface area contributed by atoms with Crippen LogP contribution in [0.3, 0.4) is 0 Å². The number of esters is 1. The number of ether oxygens (including phenoxy) is 1. The van der Waals surface area contributed by atoms with Crippen LogP contribution in [0.25, 0.3) is 0 Å². The Labute approximate surface area is 131 Å². The Balaban J connectivity index is 2.88. The van der Waals surface area contributed by atoms with Gasteiger partial charge < -0.3 is 20.4 Å². The maximum Gasteiger partial charge on any atom is 0.362 e. The van der Waals surface area contributed by atoms with Crippen LogP contribution in [0, 0.1) is 0 Å². The van der Waals surface area contributed by atoms with Crippen LogP contribution in [0.2, 0.25) is 0 Å². The summed E-state index contributed by atoms with van der Waals surface area (Å²) in [4.78, 5) is 31.8. The normalized spacial score (nSPS) is 13.5. The molecule has 0 radical (unpaired) electrons. The van der Waals surface area contributed by atoms with E-state index in [1.807, 2.05) is 0 Å². The lowest BCUT2D eigenvalue weighted by Crippen LogP contribution is -2.32. The van der Waals surface area contributed by atoms with Gasteiger partial charge in [-0.05, 0) is 27.2 Å². The minimum atomic E-state index is -1.39. The van der Waals surface area contributed by atoms with Gasteiger partial charge in [-0.2, -0.15) is 9.36 Å². The van der Waals surface area contributed by atoms with Gasteiger partial charge in [0, 0.05) is 11.5 Å². The predicted octanol–water partition coefficient (Wildman–Crippen LogP) is 1.05. The number of hydrogen-bond acceptors (Lipinski definition) is 9. The van der Waals surface area contributed by atoms with Crippen LogP contribution in [0.4, 0.5) is 5.13 Å². The molecule has 0 aromatic carbocycles. The molecule has 122 valence electrons. The minimum absolute atomic E-state index is 0.100. The predicted molar refractivity (Wildman–Crippen MR) is 79.5 cm³/mol. The van der Waals surface area contributed by atoms with Crippen LogP contribution in [0.1, 0.15) is 39.9 Å². The van der Waals surface area contributed by atoms with Crippen LogP contribution < -0.4 is 5.73 Å². The fourth-order valence-corrected chi connectivity index (χ4v) is 1.71. The summed E-state index contributed by atoms with van der Waals surface area (Å²) in [5.41, 5.74) is 4.18. The van der Waals surface area contributed by atoms with Crippen molar-refractivity contribution < 1.29 is 24.3 Å². The summed E-state index contributed by atoms with van der Waals surface area (Å²) in [7, 11) is 0. The molecule has 0 aliphatic heterocycles. The van der Waals surface area contributed by atoms with Gasteiger partial charge >= 0.3 is 11.9 Å². The highest BCUT2D eigenvalue weighted by molar-refractivity contribution is 7.09. The highest BCUT2D eigenvalue weighted by Gasteiger charge is 2.27. The first-order chi connectivity index (χ1) is 10.1. The maximum atomic E-state index is 11.9. The Morgan fingerprint density at radius 3 is 2.50 bits per heavy atom. The van der Waals surface area contributed by atoms with Crippen LogP contribution in [0.15, 0.2) is 5.16 Å². The van der Waals surface area contributed by atoms with Gasteiger partial charge in [-0.1, -0.05) is 12.1 Å². The summed E-state index contributed by atoms with van der Waals surface area (Å²) in [6, 6.07) is 0. The molecule has 1 aromatic heterocycles. The third kappa shape index (κ3) is 5.28. The second-order valence-electron chi connectivity index (χ2n) is 5.24. The van der Waals surface area contributed by atoms with Crippen LogP contribution >= 0.6 is 11.5 Å². The quantitative estimate of drug-likeness (QED) is 0.448. The van der Waals surface area contributed by atoms with Gasteiger partial charge in [0.1, 0.15) is 5.60 Å². The lowest BCUT2D eigenvalue weighted by atomic mass is 10.2.